The zero-order chi connectivity index (χ0) is 24.8. The highest BCUT2D eigenvalue weighted by Crippen LogP contribution is 2.16. The van der Waals surface area contributed by atoms with Crippen LogP contribution in [0.4, 0.5) is 0 Å². The molecule has 1 atom stereocenters. The first-order chi connectivity index (χ1) is 15.8. The minimum absolute atomic E-state index is 0.118. The average molecular weight is 471 g/mol. The fraction of sp³-hybridized carbons (Fsp3) is 0.929. The number of carboxylic acid groups (broad SMARTS) is 1. The Labute approximate surface area is 205 Å². The van der Waals surface area contributed by atoms with E-state index >= 15 is 0 Å². The maximum atomic E-state index is 11.8. The van der Waals surface area contributed by atoms with Gasteiger partial charge < -0.3 is 14.3 Å². The Balaban J connectivity index is 3.78. The summed E-state index contributed by atoms with van der Waals surface area (Å²) in [4.78, 5) is 22.7. The quantitative estimate of drug-likeness (QED) is 0.0900. The van der Waals surface area contributed by atoms with E-state index in [2.05, 4.69) is 6.92 Å². The summed E-state index contributed by atoms with van der Waals surface area (Å²) in [7, 11) is 4.03. The summed E-state index contributed by atoms with van der Waals surface area (Å²) in [5.41, 5.74) is 0. The second-order valence-electron chi connectivity index (χ2n) is 10.5. The van der Waals surface area contributed by atoms with Crippen LogP contribution in [-0.2, 0) is 14.3 Å². The second-order valence-corrected chi connectivity index (χ2v) is 10.5. The van der Waals surface area contributed by atoms with Crippen molar-refractivity contribution in [2.24, 2.45) is 0 Å². The Hall–Kier alpha value is -1.10. The van der Waals surface area contributed by atoms with E-state index in [9.17, 15) is 9.59 Å². The van der Waals surface area contributed by atoms with Crippen molar-refractivity contribution in [2.45, 2.75) is 142 Å². The third-order valence-corrected chi connectivity index (χ3v) is 6.60. The third-order valence-electron chi connectivity index (χ3n) is 6.60. The van der Waals surface area contributed by atoms with Crippen LogP contribution >= 0.6 is 0 Å². The Kier molecular flexibility index (Phi) is 20.7. The molecule has 0 amide bonds. The van der Waals surface area contributed by atoms with Gasteiger partial charge in [-0.05, 0) is 12.8 Å². The van der Waals surface area contributed by atoms with Gasteiger partial charge in [0, 0.05) is 6.42 Å². The minimum Gasteiger partial charge on any atom is -0.481 e. The summed E-state index contributed by atoms with van der Waals surface area (Å²) in [6, 6.07) is 0. The topological polar surface area (TPSA) is 63.6 Å². The van der Waals surface area contributed by atoms with Crippen LogP contribution in [0.25, 0.3) is 0 Å². The van der Waals surface area contributed by atoms with Crippen LogP contribution in [0.15, 0.2) is 0 Å². The number of carboxylic acids is 1. The molecular weight excluding hydrogens is 414 g/mol. The molecule has 0 rings (SSSR count). The molecule has 0 radical (unpaired) electrons. The number of quaternary nitrogens is 1. The largest absolute Gasteiger partial charge is 0.481 e. The lowest BCUT2D eigenvalue weighted by atomic mass is 10.0. The van der Waals surface area contributed by atoms with Crippen LogP contribution in [0.5, 0.6) is 0 Å². The zero-order valence-corrected chi connectivity index (χ0v) is 22.5. The molecule has 0 saturated heterocycles. The lowest BCUT2D eigenvalue weighted by Crippen LogP contribution is -2.47. The van der Waals surface area contributed by atoms with E-state index in [4.69, 9.17) is 9.84 Å². The number of carbonyl (C=O) groups is 2. The van der Waals surface area contributed by atoms with Gasteiger partial charge in [0.25, 0.3) is 0 Å². The SMILES string of the molecule is CCCCCCCCCCCCCCCCCCC(C[N+](C)(C)CCC(=O)O)OC(=O)CC. The Morgan fingerprint density at radius 3 is 1.55 bits per heavy atom. The molecule has 0 fully saturated rings. The first kappa shape index (κ1) is 31.9. The first-order valence-corrected chi connectivity index (χ1v) is 14.0. The van der Waals surface area contributed by atoms with E-state index in [0.29, 0.717) is 24.0 Å². The second kappa shape index (κ2) is 21.4. The molecule has 0 saturated carbocycles. The molecule has 0 bridgehead atoms. The number of likely N-dealkylation sites (N-methyl/N-ethyl adjacent to an activating group) is 1. The van der Waals surface area contributed by atoms with Crippen LogP contribution < -0.4 is 0 Å². The van der Waals surface area contributed by atoms with Crippen molar-refractivity contribution in [2.75, 3.05) is 27.2 Å². The molecule has 0 aliphatic rings. The Morgan fingerprint density at radius 2 is 1.15 bits per heavy atom. The fourth-order valence-corrected chi connectivity index (χ4v) is 4.42. The van der Waals surface area contributed by atoms with E-state index in [1.54, 1.807) is 0 Å². The van der Waals surface area contributed by atoms with Crippen molar-refractivity contribution < 1.29 is 23.9 Å². The first-order valence-electron chi connectivity index (χ1n) is 14.0. The molecule has 1 unspecified atom stereocenters. The number of aliphatic carboxylic acids is 1. The average Bonchev–Trinajstić information content (AvgIpc) is 2.77. The summed E-state index contributed by atoms with van der Waals surface area (Å²) in [6.45, 7) is 5.32. The molecule has 0 aromatic heterocycles. The highest BCUT2D eigenvalue weighted by Gasteiger charge is 2.25. The van der Waals surface area contributed by atoms with Crippen molar-refractivity contribution in [1.82, 2.24) is 0 Å². The molecule has 0 aliphatic carbocycles. The molecule has 0 spiro atoms. The predicted molar refractivity (Wildman–Crippen MR) is 138 cm³/mol. The third kappa shape index (κ3) is 22.5. The molecule has 0 aromatic carbocycles. The minimum atomic E-state index is -0.777. The maximum Gasteiger partial charge on any atom is 0.309 e. The van der Waals surface area contributed by atoms with Gasteiger partial charge in [-0.25, -0.2) is 0 Å². The molecule has 1 N–H and O–H groups in total. The Bertz CT molecular complexity index is 479. The standard InChI is InChI=1S/C28H55NO4/c1-5-7-8-9-10-11-12-13-14-15-16-17-18-19-20-21-22-26(33-28(32)6-2)25-29(3,4)24-23-27(30)31/h26H,5-25H2,1-4H3/p+1. The molecule has 0 aliphatic heterocycles. The summed E-state index contributed by atoms with van der Waals surface area (Å²) in [5, 5.41) is 8.96. The van der Waals surface area contributed by atoms with Crippen LogP contribution in [0.1, 0.15) is 136 Å². The van der Waals surface area contributed by atoms with Crippen LogP contribution in [0.2, 0.25) is 0 Å². The summed E-state index contributed by atoms with van der Waals surface area (Å²) < 4.78 is 6.23. The molecule has 33 heavy (non-hydrogen) atoms. The lowest BCUT2D eigenvalue weighted by Gasteiger charge is -2.33. The molecular formula is C28H56NO4+. The number of carbonyl (C=O) groups excluding carboxylic acids is 1. The van der Waals surface area contributed by atoms with E-state index < -0.39 is 5.97 Å². The van der Waals surface area contributed by atoms with Crippen molar-refractivity contribution in [3.63, 3.8) is 0 Å². The van der Waals surface area contributed by atoms with E-state index in [1.165, 1.54) is 96.3 Å². The Morgan fingerprint density at radius 1 is 0.727 bits per heavy atom. The van der Waals surface area contributed by atoms with Crippen LogP contribution in [0.3, 0.4) is 0 Å². The number of rotatable bonds is 24. The number of unbranched alkanes of at least 4 members (excludes halogenated alkanes) is 15. The van der Waals surface area contributed by atoms with E-state index in [1.807, 2.05) is 21.0 Å². The number of nitrogens with zero attached hydrogens (tertiary/aromatic N) is 1. The van der Waals surface area contributed by atoms with Gasteiger partial charge in [0.1, 0.15) is 6.54 Å². The van der Waals surface area contributed by atoms with Crippen LogP contribution in [-0.4, -0.2) is 54.8 Å². The zero-order valence-electron chi connectivity index (χ0n) is 22.5. The van der Waals surface area contributed by atoms with Gasteiger partial charge in [-0.3, -0.25) is 9.59 Å². The van der Waals surface area contributed by atoms with Gasteiger partial charge in [0.05, 0.1) is 27.1 Å². The monoisotopic (exact) mass is 470 g/mol. The number of ether oxygens (including phenoxy) is 1. The van der Waals surface area contributed by atoms with Gasteiger partial charge in [0.2, 0.25) is 0 Å². The fourth-order valence-electron chi connectivity index (χ4n) is 4.42. The van der Waals surface area contributed by atoms with Gasteiger partial charge in [0.15, 0.2) is 6.10 Å². The van der Waals surface area contributed by atoms with Gasteiger partial charge >= 0.3 is 11.9 Å². The van der Waals surface area contributed by atoms with Crippen LogP contribution in [0, 0.1) is 0 Å². The van der Waals surface area contributed by atoms with Gasteiger partial charge in [-0.15, -0.1) is 0 Å². The molecule has 0 heterocycles. The van der Waals surface area contributed by atoms with Gasteiger partial charge in [-0.1, -0.05) is 110 Å². The summed E-state index contributed by atoms with van der Waals surface area (Å²) >= 11 is 0. The predicted octanol–water partition coefficient (Wildman–Crippen LogP) is 7.51. The number of hydrogen-bond donors (Lipinski definition) is 1. The van der Waals surface area contributed by atoms with Crippen molar-refractivity contribution in [3.8, 4) is 0 Å². The van der Waals surface area contributed by atoms with E-state index in [0.717, 1.165) is 12.8 Å². The summed E-state index contributed by atoms with van der Waals surface area (Å²) in [5.74, 6) is -0.934. The number of hydrogen-bond acceptors (Lipinski definition) is 3. The number of esters is 1. The van der Waals surface area contributed by atoms with E-state index in [-0.39, 0.29) is 18.5 Å². The molecule has 196 valence electrons. The highest BCUT2D eigenvalue weighted by molar-refractivity contribution is 5.69. The maximum absolute atomic E-state index is 11.8. The molecule has 0 aromatic rings. The lowest BCUT2D eigenvalue weighted by molar-refractivity contribution is -0.892. The normalized spacial score (nSPS) is 12.6. The highest BCUT2D eigenvalue weighted by atomic mass is 16.5. The van der Waals surface area contributed by atoms with Crippen molar-refractivity contribution in [3.05, 3.63) is 0 Å². The van der Waals surface area contributed by atoms with Crippen molar-refractivity contribution >= 4 is 11.9 Å². The van der Waals surface area contributed by atoms with Crippen molar-refractivity contribution in [1.29, 1.82) is 0 Å². The summed E-state index contributed by atoms with van der Waals surface area (Å²) in [6.07, 6.45) is 22.8. The molecule has 5 heteroatoms. The molecule has 5 nitrogen and oxygen atoms in total. The smallest absolute Gasteiger partial charge is 0.309 e. The van der Waals surface area contributed by atoms with Gasteiger partial charge in [-0.2, -0.15) is 0 Å².